The smallest absolute Gasteiger partial charge is 0.246 e. The van der Waals surface area contributed by atoms with Crippen LogP contribution in [0.2, 0.25) is 0 Å². The number of carbonyl (C=O) groups excluding carboxylic acids is 3. The molecular formula is C23H31N3O3. The molecule has 1 aromatic rings. The maximum absolute atomic E-state index is 13.1. The van der Waals surface area contributed by atoms with Crippen LogP contribution in [0.1, 0.15) is 50.5 Å². The molecule has 6 heteroatoms. The molecule has 29 heavy (non-hydrogen) atoms. The topological polar surface area (TPSA) is 60.9 Å². The molecule has 0 N–H and O–H groups in total. The average molecular weight is 398 g/mol. The zero-order valence-electron chi connectivity index (χ0n) is 17.1. The first-order chi connectivity index (χ1) is 14.1. The van der Waals surface area contributed by atoms with E-state index in [4.69, 9.17) is 0 Å². The first-order valence-electron chi connectivity index (χ1n) is 11.0. The first-order valence-corrected chi connectivity index (χ1v) is 11.0. The second-order valence-electron chi connectivity index (χ2n) is 8.66. The number of fused-ring (bicyclic) bond motifs is 1. The minimum Gasteiger partial charge on any atom is -0.341 e. The molecule has 1 atom stereocenters. The van der Waals surface area contributed by atoms with Gasteiger partial charge < -0.3 is 14.7 Å². The van der Waals surface area contributed by atoms with Gasteiger partial charge in [0.1, 0.15) is 12.6 Å². The average Bonchev–Trinajstić information content (AvgIpc) is 2.97. The number of nitrogens with zero attached hydrogens (tertiary/aromatic N) is 3. The summed E-state index contributed by atoms with van der Waals surface area (Å²) in [4.78, 5) is 43.9. The predicted molar refractivity (Wildman–Crippen MR) is 110 cm³/mol. The molecule has 1 aromatic carbocycles. The van der Waals surface area contributed by atoms with Gasteiger partial charge in [-0.1, -0.05) is 49.6 Å². The van der Waals surface area contributed by atoms with Gasteiger partial charge in [0, 0.05) is 32.6 Å². The lowest BCUT2D eigenvalue weighted by atomic mass is 9.86. The van der Waals surface area contributed by atoms with Gasteiger partial charge in [-0.25, -0.2) is 0 Å². The van der Waals surface area contributed by atoms with E-state index in [-0.39, 0.29) is 24.3 Å². The molecule has 2 heterocycles. The van der Waals surface area contributed by atoms with Crippen LogP contribution in [-0.4, -0.2) is 64.6 Å². The normalized spacial score (nSPS) is 23.7. The van der Waals surface area contributed by atoms with Gasteiger partial charge in [-0.05, 0) is 30.7 Å². The molecule has 1 saturated carbocycles. The second-order valence-corrected chi connectivity index (χ2v) is 8.66. The largest absolute Gasteiger partial charge is 0.341 e. The number of amides is 3. The Hall–Kier alpha value is -2.37. The van der Waals surface area contributed by atoms with Crippen LogP contribution < -0.4 is 0 Å². The fraction of sp³-hybridized carbons (Fsp3) is 0.609. The minimum atomic E-state index is -0.438. The summed E-state index contributed by atoms with van der Waals surface area (Å²) < 4.78 is 0. The highest BCUT2D eigenvalue weighted by atomic mass is 16.2. The second kappa shape index (κ2) is 8.97. The Bertz CT molecular complexity index is 745. The standard InChI is InChI=1S/C23H31N3O3/c27-21(15-18-7-3-1-4-8-18)24-12-11-20-23(29)25(16-19-9-5-2-6-10-19)17-22(28)26(20)14-13-24/h2,5-6,9-10,18,20H,1,3-4,7-8,11-17H2. The summed E-state index contributed by atoms with van der Waals surface area (Å²) in [5.41, 5.74) is 1.03. The summed E-state index contributed by atoms with van der Waals surface area (Å²) in [6, 6.07) is 9.34. The Morgan fingerprint density at radius 3 is 2.45 bits per heavy atom. The van der Waals surface area contributed by atoms with Crippen molar-refractivity contribution in [1.82, 2.24) is 14.7 Å². The molecule has 2 saturated heterocycles. The molecule has 0 spiro atoms. The molecule has 0 aromatic heterocycles. The lowest BCUT2D eigenvalue weighted by Gasteiger charge is -2.39. The summed E-state index contributed by atoms with van der Waals surface area (Å²) in [5, 5.41) is 0. The Balaban J connectivity index is 1.38. The number of carbonyl (C=O) groups is 3. The van der Waals surface area contributed by atoms with E-state index in [0.717, 1.165) is 18.4 Å². The van der Waals surface area contributed by atoms with Crippen molar-refractivity contribution in [2.24, 2.45) is 5.92 Å². The summed E-state index contributed by atoms with van der Waals surface area (Å²) in [5.74, 6) is 0.701. The lowest BCUT2D eigenvalue weighted by molar-refractivity contribution is -0.156. The maximum Gasteiger partial charge on any atom is 0.246 e. The van der Waals surface area contributed by atoms with Gasteiger partial charge in [0.25, 0.3) is 0 Å². The van der Waals surface area contributed by atoms with Crippen molar-refractivity contribution in [3.63, 3.8) is 0 Å². The Morgan fingerprint density at radius 1 is 0.931 bits per heavy atom. The van der Waals surface area contributed by atoms with Crippen LogP contribution in [0, 0.1) is 5.92 Å². The van der Waals surface area contributed by atoms with Crippen molar-refractivity contribution >= 4 is 17.7 Å². The Labute approximate surface area is 172 Å². The van der Waals surface area contributed by atoms with Crippen LogP contribution in [0.3, 0.4) is 0 Å². The molecule has 4 rings (SSSR count). The van der Waals surface area contributed by atoms with E-state index >= 15 is 0 Å². The molecular weight excluding hydrogens is 366 g/mol. The van der Waals surface area contributed by atoms with Gasteiger partial charge in [-0.2, -0.15) is 0 Å². The number of piperazine rings is 1. The molecule has 3 aliphatic rings. The number of hydrogen-bond donors (Lipinski definition) is 0. The van der Waals surface area contributed by atoms with Crippen LogP contribution in [0.5, 0.6) is 0 Å². The van der Waals surface area contributed by atoms with E-state index in [2.05, 4.69) is 0 Å². The van der Waals surface area contributed by atoms with Gasteiger partial charge >= 0.3 is 0 Å². The molecule has 1 unspecified atom stereocenters. The SMILES string of the molecule is O=C(CC1CCCCC1)N1CCC2C(=O)N(Cc3ccccc3)CC(=O)N2CC1. The molecule has 1 aliphatic carbocycles. The van der Waals surface area contributed by atoms with E-state index in [1.807, 2.05) is 35.2 Å². The van der Waals surface area contributed by atoms with Crippen molar-refractivity contribution in [3.8, 4) is 0 Å². The van der Waals surface area contributed by atoms with Crippen LogP contribution >= 0.6 is 0 Å². The van der Waals surface area contributed by atoms with Crippen LogP contribution in [0.25, 0.3) is 0 Å². The van der Waals surface area contributed by atoms with E-state index in [9.17, 15) is 14.4 Å². The van der Waals surface area contributed by atoms with E-state index in [1.165, 1.54) is 19.3 Å². The summed E-state index contributed by atoms with van der Waals surface area (Å²) in [6.45, 7) is 2.15. The third kappa shape index (κ3) is 4.62. The fourth-order valence-electron chi connectivity index (χ4n) is 4.98. The third-order valence-electron chi connectivity index (χ3n) is 6.66. The van der Waals surface area contributed by atoms with E-state index in [0.29, 0.717) is 44.9 Å². The molecule has 3 fully saturated rings. The minimum absolute atomic E-state index is 0.00730. The van der Waals surface area contributed by atoms with Crippen molar-refractivity contribution in [1.29, 1.82) is 0 Å². The Morgan fingerprint density at radius 2 is 1.69 bits per heavy atom. The quantitative estimate of drug-likeness (QED) is 0.784. The highest BCUT2D eigenvalue weighted by molar-refractivity contribution is 5.95. The van der Waals surface area contributed by atoms with Crippen LogP contribution in [-0.2, 0) is 20.9 Å². The number of benzene rings is 1. The number of hydrogen-bond acceptors (Lipinski definition) is 3. The summed E-state index contributed by atoms with van der Waals surface area (Å²) in [7, 11) is 0. The van der Waals surface area contributed by atoms with Gasteiger partial charge in [-0.15, -0.1) is 0 Å². The molecule has 2 aliphatic heterocycles. The molecule has 156 valence electrons. The van der Waals surface area contributed by atoms with Crippen LogP contribution in [0.15, 0.2) is 30.3 Å². The maximum atomic E-state index is 13.1. The lowest BCUT2D eigenvalue weighted by Crippen LogP contribution is -2.59. The van der Waals surface area contributed by atoms with Crippen molar-refractivity contribution in [2.75, 3.05) is 26.2 Å². The highest BCUT2D eigenvalue weighted by Gasteiger charge is 2.41. The molecule has 0 radical (unpaired) electrons. The zero-order chi connectivity index (χ0) is 20.2. The molecule has 3 amide bonds. The van der Waals surface area contributed by atoms with Crippen molar-refractivity contribution < 1.29 is 14.4 Å². The Kier molecular flexibility index (Phi) is 6.16. The van der Waals surface area contributed by atoms with Gasteiger partial charge in [-0.3, -0.25) is 14.4 Å². The summed E-state index contributed by atoms with van der Waals surface area (Å²) >= 11 is 0. The monoisotopic (exact) mass is 397 g/mol. The van der Waals surface area contributed by atoms with Crippen molar-refractivity contribution in [3.05, 3.63) is 35.9 Å². The molecule has 0 bridgehead atoms. The third-order valence-corrected chi connectivity index (χ3v) is 6.66. The highest BCUT2D eigenvalue weighted by Crippen LogP contribution is 2.27. The first kappa shape index (κ1) is 19.9. The van der Waals surface area contributed by atoms with Crippen molar-refractivity contribution in [2.45, 2.75) is 57.5 Å². The molecule has 6 nitrogen and oxygen atoms in total. The number of rotatable bonds is 4. The van der Waals surface area contributed by atoms with Gasteiger partial charge in [0.2, 0.25) is 17.7 Å². The van der Waals surface area contributed by atoms with Gasteiger partial charge in [0.15, 0.2) is 0 Å². The van der Waals surface area contributed by atoms with Crippen LogP contribution in [0.4, 0.5) is 0 Å². The predicted octanol–water partition coefficient (Wildman–Crippen LogP) is 2.43. The zero-order valence-corrected chi connectivity index (χ0v) is 17.1. The fourth-order valence-corrected chi connectivity index (χ4v) is 4.98. The van der Waals surface area contributed by atoms with E-state index in [1.54, 1.807) is 9.80 Å². The summed E-state index contributed by atoms with van der Waals surface area (Å²) in [6.07, 6.45) is 7.20. The van der Waals surface area contributed by atoms with Gasteiger partial charge in [0.05, 0.1) is 0 Å². The van der Waals surface area contributed by atoms with E-state index < -0.39 is 6.04 Å².